The molecule has 0 unspecified atom stereocenters. The number of benzene rings is 2. The number of sulfonamides is 1. The van der Waals surface area contributed by atoms with E-state index >= 15 is 0 Å². The van der Waals surface area contributed by atoms with Crippen molar-refractivity contribution >= 4 is 21.6 Å². The molecule has 0 aromatic heterocycles. The smallest absolute Gasteiger partial charge is 0.240 e. The highest BCUT2D eigenvalue weighted by atomic mass is 32.2. The van der Waals surface area contributed by atoms with E-state index in [2.05, 4.69) is 10.0 Å². The van der Waals surface area contributed by atoms with Crippen molar-refractivity contribution in [3.63, 3.8) is 0 Å². The molecule has 6 heteroatoms. The van der Waals surface area contributed by atoms with Crippen molar-refractivity contribution < 1.29 is 13.2 Å². The molecule has 0 bridgehead atoms. The number of nitrogens with one attached hydrogen (secondary N) is 2. The van der Waals surface area contributed by atoms with Gasteiger partial charge in [-0.05, 0) is 55.5 Å². The second kappa shape index (κ2) is 9.34. The Labute approximate surface area is 167 Å². The summed E-state index contributed by atoms with van der Waals surface area (Å²) in [5.74, 6) is -0.0510. The Morgan fingerprint density at radius 2 is 1.68 bits per heavy atom. The predicted molar refractivity (Wildman–Crippen MR) is 112 cm³/mol. The lowest BCUT2D eigenvalue weighted by Gasteiger charge is -2.22. The molecule has 1 amide bonds. The van der Waals surface area contributed by atoms with Crippen LogP contribution in [0.1, 0.15) is 49.7 Å². The maximum Gasteiger partial charge on any atom is 0.240 e. The summed E-state index contributed by atoms with van der Waals surface area (Å²) >= 11 is 0. The molecule has 3 rings (SSSR count). The fourth-order valence-corrected chi connectivity index (χ4v) is 4.83. The van der Waals surface area contributed by atoms with Crippen LogP contribution in [0.4, 0.5) is 5.69 Å². The van der Waals surface area contributed by atoms with Gasteiger partial charge in [0, 0.05) is 18.2 Å². The van der Waals surface area contributed by atoms with E-state index in [0.717, 1.165) is 42.5 Å². The fraction of sp³-hybridized carbons (Fsp3) is 0.409. The van der Waals surface area contributed by atoms with Crippen molar-refractivity contribution in [3.8, 4) is 0 Å². The number of hydrogen-bond acceptors (Lipinski definition) is 3. The fourth-order valence-electron chi connectivity index (χ4n) is 3.53. The molecule has 28 heavy (non-hydrogen) atoms. The van der Waals surface area contributed by atoms with Crippen LogP contribution in [0.2, 0.25) is 0 Å². The Morgan fingerprint density at radius 1 is 1.00 bits per heavy atom. The van der Waals surface area contributed by atoms with E-state index in [1.807, 2.05) is 31.2 Å². The highest BCUT2D eigenvalue weighted by Crippen LogP contribution is 2.20. The lowest BCUT2D eigenvalue weighted by atomic mass is 9.96. The zero-order chi connectivity index (χ0) is 20.0. The first-order valence-corrected chi connectivity index (χ1v) is 11.4. The average molecular weight is 401 g/mol. The first-order valence-electron chi connectivity index (χ1n) is 9.91. The number of rotatable bonds is 7. The van der Waals surface area contributed by atoms with Crippen LogP contribution in [-0.2, 0) is 21.2 Å². The van der Waals surface area contributed by atoms with Crippen molar-refractivity contribution in [1.29, 1.82) is 0 Å². The number of hydrogen-bond donors (Lipinski definition) is 2. The van der Waals surface area contributed by atoms with Gasteiger partial charge in [0.05, 0.1) is 4.90 Å². The number of carbonyl (C=O) groups excluding carboxylic acids is 1. The van der Waals surface area contributed by atoms with Crippen LogP contribution in [0, 0.1) is 6.92 Å². The maximum absolute atomic E-state index is 12.5. The van der Waals surface area contributed by atoms with Crippen molar-refractivity contribution in [3.05, 3.63) is 59.7 Å². The van der Waals surface area contributed by atoms with Crippen LogP contribution >= 0.6 is 0 Å². The van der Waals surface area contributed by atoms with Crippen molar-refractivity contribution in [1.82, 2.24) is 4.72 Å². The van der Waals surface area contributed by atoms with Gasteiger partial charge in [0.25, 0.3) is 0 Å². The maximum atomic E-state index is 12.5. The number of aryl methyl sites for hydroxylation is 2. The number of para-hydroxylation sites is 1. The highest BCUT2D eigenvalue weighted by Gasteiger charge is 2.21. The minimum absolute atomic E-state index is 0.0450. The van der Waals surface area contributed by atoms with Gasteiger partial charge in [-0.1, -0.05) is 49.6 Å². The second-order valence-electron chi connectivity index (χ2n) is 7.46. The summed E-state index contributed by atoms with van der Waals surface area (Å²) in [4.78, 5) is 12.5. The summed E-state index contributed by atoms with van der Waals surface area (Å²) in [7, 11) is -3.48. The van der Waals surface area contributed by atoms with Crippen LogP contribution in [0.25, 0.3) is 0 Å². The van der Waals surface area contributed by atoms with E-state index in [1.165, 1.54) is 6.42 Å². The van der Waals surface area contributed by atoms with Gasteiger partial charge in [-0.15, -0.1) is 0 Å². The Hall–Kier alpha value is -2.18. The van der Waals surface area contributed by atoms with E-state index in [4.69, 9.17) is 0 Å². The lowest BCUT2D eigenvalue weighted by Crippen LogP contribution is -2.36. The van der Waals surface area contributed by atoms with Crippen LogP contribution in [0.3, 0.4) is 0 Å². The molecule has 2 N–H and O–H groups in total. The molecule has 0 atom stereocenters. The van der Waals surface area contributed by atoms with E-state index in [9.17, 15) is 13.2 Å². The third-order valence-electron chi connectivity index (χ3n) is 5.22. The Morgan fingerprint density at radius 3 is 2.36 bits per heavy atom. The topological polar surface area (TPSA) is 75.3 Å². The van der Waals surface area contributed by atoms with Gasteiger partial charge >= 0.3 is 0 Å². The molecule has 1 aliphatic carbocycles. The van der Waals surface area contributed by atoms with Crippen LogP contribution in [0.5, 0.6) is 0 Å². The summed E-state index contributed by atoms with van der Waals surface area (Å²) in [6.07, 6.45) is 6.08. The van der Waals surface area contributed by atoms with Crippen molar-refractivity contribution in [2.75, 3.05) is 5.32 Å². The Kier molecular flexibility index (Phi) is 6.86. The minimum atomic E-state index is -3.48. The van der Waals surface area contributed by atoms with E-state index < -0.39 is 10.0 Å². The number of carbonyl (C=O) groups is 1. The van der Waals surface area contributed by atoms with Crippen LogP contribution in [0.15, 0.2) is 53.4 Å². The molecule has 0 spiro atoms. The zero-order valence-electron chi connectivity index (χ0n) is 16.3. The molecule has 5 nitrogen and oxygen atoms in total. The van der Waals surface area contributed by atoms with Gasteiger partial charge in [-0.3, -0.25) is 4.79 Å². The molecule has 0 saturated heterocycles. The third-order valence-corrected chi connectivity index (χ3v) is 6.76. The van der Waals surface area contributed by atoms with Crippen molar-refractivity contribution in [2.24, 2.45) is 0 Å². The third kappa shape index (κ3) is 5.66. The van der Waals surface area contributed by atoms with Gasteiger partial charge in [0.2, 0.25) is 15.9 Å². The normalized spacial score (nSPS) is 15.3. The quantitative estimate of drug-likeness (QED) is 0.732. The number of amides is 1. The monoisotopic (exact) mass is 400 g/mol. The van der Waals surface area contributed by atoms with E-state index in [-0.39, 0.29) is 16.8 Å². The largest absolute Gasteiger partial charge is 0.326 e. The SMILES string of the molecule is Cc1ccccc1NC(=O)CCc1ccc(S(=O)(=O)NC2CCCCC2)cc1. The highest BCUT2D eigenvalue weighted by molar-refractivity contribution is 7.89. The summed E-state index contributed by atoms with van der Waals surface area (Å²) < 4.78 is 27.9. The molecule has 2 aromatic rings. The average Bonchev–Trinajstić information content (AvgIpc) is 2.69. The second-order valence-corrected chi connectivity index (χ2v) is 9.18. The summed E-state index contributed by atoms with van der Waals surface area (Å²) in [6, 6.07) is 14.5. The molecule has 1 fully saturated rings. The minimum Gasteiger partial charge on any atom is -0.326 e. The van der Waals surface area contributed by atoms with Gasteiger partial charge in [-0.25, -0.2) is 13.1 Å². The standard InChI is InChI=1S/C22H28N2O3S/c1-17-7-5-6-10-21(17)23-22(25)16-13-18-11-14-20(15-12-18)28(26,27)24-19-8-3-2-4-9-19/h5-7,10-12,14-15,19,24H,2-4,8-9,13,16H2,1H3,(H,23,25). The van der Waals surface area contributed by atoms with Gasteiger partial charge in [0.1, 0.15) is 0 Å². The van der Waals surface area contributed by atoms with Crippen LogP contribution < -0.4 is 10.0 Å². The molecule has 0 aliphatic heterocycles. The summed E-state index contributed by atoms with van der Waals surface area (Å²) in [6.45, 7) is 1.95. The van der Waals surface area contributed by atoms with E-state index in [1.54, 1.807) is 24.3 Å². The van der Waals surface area contributed by atoms with Gasteiger partial charge < -0.3 is 5.32 Å². The van der Waals surface area contributed by atoms with E-state index in [0.29, 0.717) is 12.8 Å². The molecule has 1 saturated carbocycles. The lowest BCUT2D eigenvalue weighted by molar-refractivity contribution is -0.116. The molecule has 1 aliphatic rings. The van der Waals surface area contributed by atoms with Gasteiger partial charge in [0.15, 0.2) is 0 Å². The first-order chi connectivity index (χ1) is 13.4. The molecule has 0 radical (unpaired) electrons. The number of anilines is 1. The molecule has 0 heterocycles. The summed E-state index contributed by atoms with van der Waals surface area (Å²) in [5.41, 5.74) is 2.79. The van der Waals surface area contributed by atoms with Crippen molar-refractivity contribution in [2.45, 2.75) is 62.8 Å². The van der Waals surface area contributed by atoms with Gasteiger partial charge in [-0.2, -0.15) is 0 Å². The molecular formula is C22H28N2O3S. The van der Waals surface area contributed by atoms with Crippen LogP contribution in [-0.4, -0.2) is 20.4 Å². The first kappa shape index (κ1) is 20.6. The Balaban J connectivity index is 1.53. The Bertz CT molecular complexity index is 902. The molecular weight excluding hydrogens is 372 g/mol. The summed E-state index contributed by atoms with van der Waals surface area (Å²) in [5, 5.41) is 2.92. The predicted octanol–water partition coefficient (Wildman–Crippen LogP) is 4.18. The molecule has 150 valence electrons. The zero-order valence-corrected chi connectivity index (χ0v) is 17.1. The molecule has 2 aromatic carbocycles.